The monoisotopic (exact) mass is 322 g/mol. The Balaban J connectivity index is 2.71. The Hall–Kier alpha value is -1.92. The standard InChI is InChI=1S/C17H26N2O4/c1-4-19(15-9-7-6-8-10-15)16(20)13-18(11-12-22-3)14-17(21)23-5-2/h6-10H,4-5,11-14H2,1-3H3. The second kappa shape index (κ2) is 10.7. The van der Waals surface area contributed by atoms with Crippen LogP contribution >= 0.6 is 0 Å². The summed E-state index contributed by atoms with van der Waals surface area (Å²) in [6.07, 6.45) is 0. The van der Waals surface area contributed by atoms with Crippen LogP contribution in [-0.4, -0.2) is 63.3 Å². The first kappa shape index (κ1) is 19.1. The van der Waals surface area contributed by atoms with Crippen molar-refractivity contribution < 1.29 is 19.1 Å². The number of rotatable bonds is 10. The van der Waals surface area contributed by atoms with E-state index in [9.17, 15) is 9.59 Å². The highest BCUT2D eigenvalue weighted by Crippen LogP contribution is 2.13. The summed E-state index contributed by atoms with van der Waals surface area (Å²) in [7, 11) is 1.59. The van der Waals surface area contributed by atoms with E-state index in [1.165, 1.54) is 0 Å². The van der Waals surface area contributed by atoms with Crippen LogP contribution in [0.4, 0.5) is 5.69 Å². The molecule has 6 nitrogen and oxygen atoms in total. The van der Waals surface area contributed by atoms with Crippen LogP contribution in [0.15, 0.2) is 30.3 Å². The van der Waals surface area contributed by atoms with Crippen molar-refractivity contribution in [2.45, 2.75) is 13.8 Å². The number of carbonyl (C=O) groups excluding carboxylic acids is 2. The Labute approximate surface area is 138 Å². The van der Waals surface area contributed by atoms with Gasteiger partial charge in [-0.2, -0.15) is 0 Å². The van der Waals surface area contributed by atoms with Gasteiger partial charge in [-0.3, -0.25) is 14.5 Å². The van der Waals surface area contributed by atoms with Crippen LogP contribution in [0.1, 0.15) is 13.8 Å². The Morgan fingerprint density at radius 2 is 1.78 bits per heavy atom. The number of hydrogen-bond acceptors (Lipinski definition) is 5. The van der Waals surface area contributed by atoms with E-state index in [1.54, 1.807) is 23.8 Å². The Morgan fingerprint density at radius 3 is 2.35 bits per heavy atom. The van der Waals surface area contributed by atoms with Gasteiger partial charge in [0.15, 0.2) is 0 Å². The van der Waals surface area contributed by atoms with E-state index < -0.39 is 0 Å². The maximum Gasteiger partial charge on any atom is 0.320 e. The van der Waals surface area contributed by atoms with E-state index >= 15 is 0 Å². The lowest BCUT2D eigenvalue weighted by molar-refractivity contribution is -0.144. The summed E-state index contributed by atoms with van der Waals surface area (Å²) < 4.78 is 10.0. The minimum atomic E-state index is -0.334. The summed E-state index contributed by atoms with van der Waals surface area (Å²) in [6.45, 7) is 5.75. The largest absolute Gasteiger partial charge is 0.465 e. The van der Waals surface area contributed by atoms with Gasteiger partial charge >= 0.3 is 5.97 Å². The average molecular weight is 322 g/mol. The number of esters is 1. The summed E-state index contributed by atoms with van der Waals surface area (Å²) in [5, 5.41) is 0. The van der Waals surface area contributed by atoms with Crippen molar-refractivity contribution in [3.8, 4) is 0 Å². The third kappa shape index (κ3) is 6.80. The molecule has 0 spiro atoms. The molecule has 0 aliphatic rings. The minimum Gasteiger partial charge on any atom is -0.465 e. The van der Waals surface area contributed by atoms with Gasteiger partial charge in [-0.25, -0.2) is 0 Å². The zero-order valence-corrected chi connectivity index (χ0v) is 14.2. The van der Waals surface area contributed by atoms with Gasteiger partial charge < -0.3 is 14.4 Å². The van der Waals surface area contributed by atoms with Crippen LogP contribution in [-0.2, 0) is 19.1 Å². The molecule has 1 aromatic carbocycles. The molecule has 128 valence electrons. The highest BCUT2D eigenvalue weighted by molar-refractivity contribution is 5.94. The van der Waals surface area contributed by atoms with Gasteiger partial charge in [0.2, 0.25) is 5.91 Å². The maximum atomic E-state index is 12.6. The molecule has 0 bridgehead atoms. The molecule has 0 saturated carbocycles. The molecular weight excluding hydrogens is 296 g/mol. The van der Waals surface area contributed by atoms with Crippen molar-refractivity contribution in [3.05, 3.63) is 30.3 Å². The minimum absolute atomic E-state index is 0.0564. The lowest BCUT2D eigenvalue weighted by Gasteiger charge is -2.26. The molecule has 1 rings (SSSR count). The molecule has 0 unspecified atom stereocenters. The third-order valence-electron chi connectivity index (χ3n) is 3.31. The van der Waals surface area contributed by atoms with Crippen molar-refractivity contribution in [2.24, 2.45) is 0 Å². The van der Waals surface area contributed by atoms with E-state index in [2.05, 4.69) is 0 Å². The molecule has 0 aliphatic heterocycles. The quantitative estimate of drug-likeness (QED) is 0.612. The van der Waals surface area contributed by atoms with Gasteiger partial charge in [-0.05, 0) is 26.0 Å². The molecule has 0 atom stereocenters. The normalized spacial score (nSPS) is 10.6. The van der Waals surface area contributed by atoms with Gasteiger partial charge in [-0.15, -0.1) is 0 Å². The number of ether oxygens (including phenoxy) is 2. The van der Waals surface area contributed by atoms with Gasteiger partial charge in [-0.1, -0.05) is 18.2 Å². The zero-order valence-electron chi connectivity index (χ0n) is 14.2. The van der Waals surface area contributed by atoms with Gasteiger partial charge in [0.1, 0.15) is 0 Å². The Morgan fingerprint density at radius 1 is 1.09 bits per heavy atom. The molecule has 0 aliphatic carbocycles. The fourth-order valence-electron chi connectivity index (χ4n) is 2.21. The predicted molar refractivity (Wildman–Crippen MR) is 89.4 cm³/mol. The molecule has 1 amide bonds. The lowest BCUT2D eigenvalue weighted by Crippen LogP contribution is -2.43. The van der Waals surface area contributed by atoms with Crippen LogP contribution in [0.3, 0.4) is 0 Å². The van der Waals surface area contributed by atoms with Crippen LogP contribution in [0.2, 0.25) is 0 Å². The number of hydrogen-bond donors (Lipinski definition) is 0. The Bertz CT molecular complexity index is 479. The molecule has 0 fully saturated rings. The molecule has 0 aromatic heterocycles. The number of carbonyl (C=O) groups is 2. The number of para-hydroxylation sites is 1. The van der Waals surface area contributed by atoms with Crippen molar-refractivity contribution in [2.75, 3.05) is 51.4 Å². The van der Waals surface area contributed by atoms with E-state index in [4.69, 9.17) is 9.47 Å². The number of likely N-dealkylation sites (N-methyl/N-ethyl adjacent to an activating group) is 1. The first-order valence-electron chi connectivity index (χ1n) is 7.84. The summed E-state index contributed by atoms with van der Waals surface area (Å²) >= 11 is 0. The van der Waals surface area contributed by atoms with Crippen LogP contribution < -0.4 is 4.90 Å². The van der Waals surface area contributed by atoms with E-state index in [1.807, 2.05) is 37.3 Å². The first-order valence-corrected chi connectivity index (χ1v) is 7.84. The molecule has 23 heavy (non-hydrogen) atoms. The van der Waals surface area contributed by atoms with Crippen molar-refractivity contribution >= 4 is 17.6 Å². The molecular formula is C17H26N2O4. The van der Waals surface area contributed by atoms with Gasteiger partial charge in [0.05, 0.1) is 26.3 Å². The fourth-order valence-corrected chi connectivity index (χ4v) is 2.21. The van der Waals surface area contributed by atoms with E-state index in [-0.39, 0.29) is 25.0 Å². The summed E-state index contributed by atoms with van der Waals surface area (Å²) in [5.74, 6) is -0.390. The summed E-state index contributed by atoms with van der Waals surface area (Å²) in [4.78, 5) is 27.7. The number of nitrogens with zero attached hydrogens (tertiary/aromatic N) is 2. The molecule has 0 radical (unpaired) electrons. The average Bonchev–Trinajstić information content (AvgIpc) is 2.54. The number of amides is 1. The molecule has 0 heterocycles. The lowest BCUT2D eigenvalue weighted by atomic mass is 10.2. The highest BCUT2D eigenvalue weighted by atomic mass is 16.5. The van der Waals surface area contributed by atoms with Gasteiger partial charge in [0, 0.05) is 25.9 Å². The smallest absolute Gasteiger partial charge is 0.320 e. The summed E-state index contributed by atoms with van der Waals surface area (Å²) in [6, 6.07) is 9.49. The van der Waals surface area contributed by atoms with Crippen LogP contribution in [0.5, 0.6) is 0 Å². The van der Waals surface area contributed by atoms with Crippen LogP contribution in [0.25, 0.3) is 0 Å². The third-order valence-corrected chi connectivity index (χ3v) is 3.31. The highest BCUT2D eigenvalue weighted by Gasteiger charge is 2.19. The van der Waals surface area contributed by atoms with E-state index in [0.29, 0.717) is 26.3 Å². The number of anilines is 1. The zero-order chi connectivity index (χ0) is 17.1. The van der Waals surface area contributed by atoms with Crippen LogP contribution in [0, 0.1) is 0 Å². The molecule has 0 N–H and O–H groups in total. The molecule has 1 aromatic rings. The van der Waals surface area contributed by atoms with Crippen molar-refractivity contribution in [3.63, 3.8) is 0 Å². The fraction of sp³-hybridized carbons (Fsp3) is 0.529. The van der Waals surface area contributed by atoms with Gasteiger partial charge in [0.25, 0.3) is 0 Å². The summed E-state index contributed by atoms with van der Waals surface area (Å²) in [5.41, 5.74) is 0.850. The topological polar surface area (TPSA) is 59.1 Å². The number of methoxy groups -OCH3 is 1. The predicted octanol–water partition coefficient (Wildman–Crippen LogP) is 1.55. The van der Waals surface area contributed by atoms with Crippen molar-refractivity contribution in [1.82, 2.24) is 4.90 Å². The molecule has 6 heteroatoms. The van der Waals surface area contributed by atoms with Crippen molar-refractivity contribution in [1.29, 1.82) is 0 Å². The van der Waals surface area contributed by atoms with E-state index in [0.717, 1.165) is 5.69 Å². The molecule has 0 saturated heterocycles. The SMILES string of the molecule is CCOC(=O)CN(CCOC)CC(=O)N(CC)c1ccccc1. The maximum absolute atomic E-state index is 12.6. The first-order chi connectivity index (χ1) is 11.1. The number of benzene rings is 1. The Kier molecular flexibility index (Phi) is 8.94. The second-order valence-electron chi connectivity index (χ2n) is 4.98. The second-order valence-corrected chi connectivity index (χ2v) is 4.98.